The molecule has 11 heteroatoms. The van der Waals surface area contributed by atoms with Crippen LogP contribution in [0.5, 0.6) is 0 Å². The van der Waals surface area contributed by atoms with Crippen LogP contribution in [0, 0.1) is 31.1 Å². The largest absolute Gasteiger partial charge is 0.352 e. The van der Waals surface area contributed by atoms with Gasteiger partial charge in [0.15, 0.2) is 0 Å². The Morgan fingerprint density at radius 1 is 1.24 bits per heavy atom. The summed E-state index contributed by atoms with van der Waals surface area (Å²) in [6.07, 6.45) is 2.28. The van der Waals surface area contributed by atoms with Crippen molar-refractivity contribution in [3.05, 3.63) is 23.5 Å². The van der Waals surface area contributed by atoms with Crippen molar-refractivity contribution in [1.82, 2.24) is 24.1 Å². The summed E-state index contributed by atoms with van der Waals surface area (Å²) in [6, 6.07) is 4.33. The highest BCUT2D eigenvalue weighted by Crippen LogP contribution is 2.49. The second-order valence-corrected chi connectivity index (χ2v) is 10.3. The quantitative estimate of drug-likeness (QED) is 0.656. The van der Waals surface area contributed by atoms with E-state index in [4.69, 9.17) is 4.98 Å². The van der Waals surface area contributed by atoms with Crippen LogP contribution in [-0.2, 0) is 0 Å². The third-order valence-corrected chi connectivity index (χ3v) is 7.76. The topological polar surface area (TPSA) is 84.2 Å². The molecular formula is C22H28F2N8S. The summed E-state index contributed by atoms with van der Waals surface area (Å²) < 4.78 is 30.8. The highest BCUT2D eigenvalue weighted by molar-refractivity contribution is 7.10. The summed E-state index contributed by atoms with van der Waals surface area (Å²) in [7, 11) is 0. The summed E-state index contributed by atoms with van der Waals surface area (Å²) in [5.74, 6) is -1.54. The lowest BCUT2D eigenvalue weighted by molar-refractivity contribution is 0.00879. The molecule has 4 heterocycles. The van der Waals surface area contributed by atoms with Crippen LogP contribution in [0.3, 0.4) is 0 Å². The highest BCUT2D eigenvalue weighted by Gasteiger charge is 2.57. The van der Waals surface area contributed by atoms with Gasteiger partial charge in [-0.1, -0.05) is 0 Å². The molecule has 33 heavy (non-hydrogen) atoms. The van der Waals surface area contributed by atoms with Crippen LogP contribution in [0.2, 0.25) is 0 Å². The molecule has 1 saturated carbocycles. The fraction of sp³-hybridized carbons (Fsp3) is 0.636. The zero-order chi connectivity index (χ0) is 23.2. The van der Waals surface area contributed by atoms with Gasteiger partial charge in [0.2, 0.25) is 5.95 Å². The molecule has 1 atom stereocenters. The Kier molecular flexibility index (Phi) is 5.71. The maximum absolute atomic E-state index is 13.3. The summed E-state index contributed by atoms with van der Waals surface area (Å²) in [6.45, 7) is 9.00. The Balaban J connectivity index is 1.22. The van der Waals surface area contributed by atoms with Gasteiger partial charge < -0.3 is 15.1 Å². The summed E-state index contributed by atoms with van der Waals surface area (Å²) in [5, 5.41) is 13.6. The standard InChI is InChI=1S/C22H28F2N8S/c1-15-11-26-20(27-18-9-16(2)29-33-18)28-19(15)31-13-21(14-31,3-4-25)32-7-5-30(6-8-32)12-17-10-22(17,23)24/h9,11,17H,3,5-8,10,12-14H2,1-2H3,(H,26,27,28). The molecule has 1 aliphatic carbocycles. The normalized spacial score (nSPS) is 24.2. The fourth-order valence-corrected chi connectivity index (χ4v) is 5.57. The van der Waals surface area contributed by atoms with E-state index in [0.717, 1.165) is 61.3 Å². The number of rotatable bonds is 7. The number of aromatic nitrogens is 3. The predicted octanol–water partition coefficient (Wildman–Crippen LogP) is 3.04. The summed E-state index contributed by atoms with van der Waals surface area (Å²) in [5.41, 5.74) is 1.72. The van der Waals surface area contributed by atoms with Crippen LogP contribution < -0.4 is 10.2 Å². The zero-order valence-corrected chi connectivity index (χ0v) is 19.7. The average molecular weight is 475 g/mol. The molecule has 2 aromatic heterocycles. The van der Waals surface area contributed by atoms with Crippen LogP contribution in [0.1, 0.15) is 24.1 Å². The molecule has 0 bridgehead atoms. The SMILES string of the molecule is Cc1cc(Nc2ncc(C)c(N3CC(CC#N)(N4CCN(CC5CC5(F)F)CC4)C3)n2)sn1. The Hall–Kier alpha value is -2.42. The van der Waals surface area contributed by atoms with E-state index in [1.165, 1.54) is 11.5 Å². The highest BCUT2D eigenvalue weighted by atomic mass is 32.1. The molecule has 1 unspecified atom stereocenters. The molecule has 0 spiro atoms. The monoisotopic (exact) mass is 474 g/mol. The third-order valence-electron chi connectivity index (χ3n) is 6.96. The minimum absolute atomic E-state index is 0.0261. The van der Waals surface area contributed by atoms with Gasteiger partial charge in [-0.2, -0.15) is 14.6 Å². The Bertz CT molecular complexity index is 1050. The maximum atomic E-state index is 13.3. The van der Waals surface area contributed by atoms with E-state index >= 15 is 0 Å². The first-order valence-corrected chi connectivity index (χ1v) is 12.1. The molecule has 3 aliphatic rings. The number of nitrogens with zero attached hydrogens (tertiary/aromatic N) is 7. The van der Waals surface area contributed by atoms with Crippen LogP contribution in [0.25, 0.3) is 0 Å². The van der Waals surface area contributed by atoms with Crippen molar-refractivity contribution >= 4 is 28.3 Å². The van der Waals surface area contributed by atoms with E-state index in [1.54, 1.807) is 0 Å². The number of nitrogens with one attached hydrogen (secondary N) is 1. The van der Waals surface area contributed by atoms with Gasteiger partial charge in [-0.3, -0.25) is 4.90 Å². The molecule has 0 amide bonds. The number of anilines is 3. The van der Waals surface area contributed by atoms with Crippen molar-refractivity contribution in [3.63, 3.8) is 0 Å². The molecule has 0 aromatic carbocycles. The van der Waals surface area contributed by atoms with Crippen molar-refractivity contribution in [2.45, 2.75) is 38.2 Å². The van der Waals surface area contributed by atoms with E-state index < -0.39 is 11.8 Å². The molecule has 1 N–H and O–H groups in total. The minimum atomic E-state index is -2.46. The van der Waals surface area contributed by atoms with Crippen molar-refractivity contribution < 1.29 is 8.78 Å². The molecule has 2 aliphatic heterocycles. The molecule has 0 radical (unpaired) electrons. The van der Waals surface area contributed by atoms with E-state index in [2.05, 4.69) is 35.4 Å². The molecule has 176 valence electrons. The van der Waals surface area contributed by atoms with E-state index in [9.17, 15) is 14.0 Å². The number of nitriles is 1. The molecule has 2 saturated heterocycles. The van der Waals surface area contributed by atoms with E-state index in [0.29, 0.717) is 18.9 Å². The number of hydrogen-bond acceptors (Lipinski definition) is 9. The molecule has 3 fully saturated rings. The Labute approximate surface area is 196 Å². The van der Waals surface area contributed by atoms with Gasteiger partial charge in [-0.15, -0.1) is 0 Å². The second-order valence-electron chi connectivity index (χ2n) is 9.52. The predicted molar refractivity (Wildman–Crippen MR) is 123 cm³/mol. The summed E-state index contributed by atoms with van der Waals surface area (Å²) >= 11 is 1.37. The van der Waals surface area contributed by atoms with Gasteiger partial charge in [0.25, 0.3) is 5.92 Å². The fourth-order valence-electron chi connectivity index (χ4n) is 4.92. The van der Waals surface area contributed by atoms with Gasteiger partial charge in [-0.05, 0) is 31.4 Å². The first-order valence-electron chi connectivity index (χ1n) is 11.3. The lowest BCUT2D eigenvalue weighted by Crippen LogP contribution is -2.72. The lowest BCUT2D eigenvalue weighted by atomic mass is 9.83. The van der Waals surface area contributed by atoms with Gasteiger partial charge in [0.05, 0.1) is 23.7 Å². The van der Waals surface area contributed by atoms with Gasteiger partial charge in [-0.25, -0.2) is 13.8 Å². The number of aryl methyl sites for hydroxylation is 2. The van der Waals surface area contributed by atoms with Gasteiger partial charge >= 0.3 is 0 Å². The van der Waals surface area contributed by atoms with Crippen LogP contribution in [0.4, 0.5) is 25.5 Å². The maximum Gasteiger partial charge on any atom is 0.252 e. The van der Waals surface area contributed by atoms with Crippen LogP contribution in [-0.4, -0.2) is 81.4 Å². The van der Waals surface area contributed by atoms with Gasteiger partial charge in [0, 0.05) is 69.9 Å². The molecular weight excluding hydrogens is 446 g/mol. The van der Waals surface area contributed by atoms with Crippen molar-refractivity contribution in [2.24, 2.45) is 5.92 Å². The minimum Gasteiger partial charge on any atom is -0.352 e. The molecule has 2 aromatic rings. The summed E-state index contributed by atoms with van der Waals surface area (Å²) in [4.78, 5) is 15.9. The Morgan fingerprint density at radius 2 is 1.97 bits per heavy atom. The number of hydrogen-bond donors (Lipinski definition) is 1. The van der Waals surface area contributed by atoms with E-state index in [1.807, 2.05) is 26.1 Å². The number of halogens is 2. The van der Waals surface area contributed by atoms with Gasteiger partial charge in [0.1, 0.15) is 10.8 Å². The third kappa shape index (κ3) is 4.52. The van der Waals surface area contributed by atoms with Crippen molar-refractivity contribution in [2.75, 3.05) is 56.0 Å². The van der Waals surface area contributed by atoms with Crippen molar-refractivity contribution in [3.8, 4) is 6.07 Å². The smallest absolute Gasteiger partial charge is 0.252 e. The second kappa shape index (κ2) is 8.42. The average Bonchev–Trinajstić information content (AvgIpc) is 3.14. The molecule has 5 rings (SSSR count). The number of piperazine rings is 1. The first-order chi connectivity index (χ1) is 15.8. The Morgan fingerprint density at radius 3 is 2.58 bits per heavy atom. The number of alkyl halides is 2. The zero-order valence-electron chi connectivity index (χ0n) is 18.9. The van der Waals surface area contributed by atoms with Crippen LogP contribution in [0.15, 0.2) is 12.3 Å². The van der Waals surface area contributed by atoms with Crippen molar-refractivity contribution in [1.29, 1.82) is 5.26 Å². The van der Waals surface area contributed by atoms with E-state index in [-0.39, 0.29) is 12.0 Å². The lowest BCUT2D eigenvalue weighted by Gasteiger charge is -2.57. The molecule has 8 nitrogen and oxygen atoms in total. The van der Waals surface area contributed by atoms with Crippen LogP contribution >= 0.6 is 11.5 Å². The first kappa shape index (κ1) is 22.4.